The first kappa shape index (κ1) is 8.96. The van der Waals surface area contributed by atoms with Crippen LogP contribution in [0.15, 0.2) is 48.6 Å². The van der Waals surface area contributed by atoms with Gasteiger partial charge in [-0.2, -0.15) is 0 Å². The molecule has 0 spiro atoms. The zero-order chi connectivity index (χ0) is 8.15. The lowest BCUT2D eigenvalue weighted by Crippen LogP contribution is -1.83. The number of rotatable bonds is 3. The Balaban J connectivity index is 4.58. The van der Waals surface area contributed by atoms with Crippen LogP contribution in [0.5, 0.6) is 0 Å². The molecule has 0 N–H and O–H groups in total. The average molecular weight is 134 g/mol. The topological polar surface area (TPSA) is 0 Å². The third kappa shape index (κ3) is 2.49. The fraction of sp³-hybridized carbons (Fsp3) is 0.200. The van der Waals surface area contributed by atoms with Gasteiger partial charge in [0.2, 0.25) is 0 Å². The highest BCUT2D eigenvalue weighted by Gasteiger charge is 1.95. The van der Waals surface area contributed by atoms with E-state index in [1.165, 1.54) is 0 Å². The summed E-state index contributed by atoms with van der Waals surface area (Å²) in [5.74, 6) is 0. The van der Waals surface area contributed by atoms with Gasteiger partial charge in [-0.15, -0.1) is 0 Å². The van der Waals surface area contributed by atoms with Crippen molar-refractivity contribution in [2.45, 2.75) is 13.8 Å². The standard InChI is InChI=1S/C10H14/c1-6-7-10(8(2)3)9(4)5/h6-7H,1-2,4H2,3,5H3. The van der Waals surface area contributed by atoms with E-state index in [1.807, 2.05) is 19.9 Å². The fourth-order valence-electron chi connectivity index (χ4n) is 0.767. The minimum absolute atomic E-state index is 1.03. The number of hydrogen-bond acceptors (Lipinski definition) is 0. The maximum absolute atomic E-state index is 3.82. The summed E-state index contributed by atoms with van der Waals surface area (Å²) in [4.78, 5) is 0. The van der Waals surface area contributed by atoms with Crippen LogP contribution in [-0.4, -0.2) is 0 Å². The SMILES string of the molecule is C=CC=C(C(=C)C)C(=C)C. The van der Waals surface area contributed by atoms with E-state index >= 15 is 0 Å². The van der Waals surface area contributed by atoms with E-state index in [-0.39, 0.29) is 0 Å². The molecule has 0 aliphatic carbocycles. The summed E-state index contributed by atoms with van der Waals surface area (Å²) >= 11 is 0. The van der Waals surface area contributed by atoms with Crippen molar-refractivity contribution < 1.29 is 0 Å². The highest BCUT2D eigenvalue weighted by molar-refractivity contribution is 5.43. The van der Waals surface area contributed by atoms with E-state index in [1.54, 1.807) is 6.08 Å². The van der Waals surface area contributed by atoms with Crippen molar-refractivity contribution in [2.75, 3.05) is 0 Å². The van der Waals surface area contributed by atoms with E-state index in [0.717, 1.165) is 16.7 Å². The molecule has 0 atom stereocenters. The van der Waals surface area contributed by atoms with E-state index in [4.69, 9.17) is 0 Å². The summed E-state index contributed by atoms with van der Waals surface area (Å²) in [5, 5.41) is 0. The summed E-state index contributed by atoms with van der Waals surface area (Å²) < 4.78 is 0. The zero-order valence-electron chi connectivity index (χ0n) is 6.78. The second-order valence-corrected chi connectivity index (χ2v) is 2.38. The molecule has 0 radical (unpaired) electrons. The number of hydrogen-bond donors (Lipinski definition) is 0. The van der Waals surface area contributed by atoms with Gasteiger partial charge in [0.15, 0.2) is 0 Å². The summed E-state index contributed by atoms with van der Waals surface area (Å²) in [6.07, 6.45) is 3.67. The lowest BCUT2D eigenvalue weighted by Gasteiger charge is -2.03. The largest absolute Gasteiger partial charge is 0.0990 e. The van der Waals surface area contributed by atoms with Gasteiger partial charge in [0.25, 0.3) is 0 Å². The van der Waals surface area contributed by atoms with Crippen LogP contribution in [0.4, 0.5) is 0 Å². The number of allylic oxidation sites excluding steroid dienone is 5. The summed E-state index contributed by atoms with van der Waals surface area (Å²) in [5.41, 5.74) is 3.16. The quantitative estimate of drug-likeness (QED) is 0.520. The summed E-state index contributed by atoms with van der Waals surface area (Å²) in [6.45, 7) is 15.2. The molecule has 0 aromatic heterocycles. The molecule has 0 fully saturated rings. The van der Waals surface area contributed by atoms with E-state index in [9.17, 15) is 0 Å². The van der Waals surface area contributed by atoms with Gasteiger partial charge in [-0.25, -0.2) is 0 Å². The first-order valence-electron chi connectivity index (χ1n) is 3.24. The molecule has 0 aliphatic heterocycles. The monoisotopic (exact) mass is 134 g/mol. The molecule has 0 amide bonds. The lowest BCUT2D eigenvalue weighted by molar-refractivity contribution is 1.35. The van der Waals surface area contributed by atoms with Crippen molar-refractivity contribution in [1.82, 2.24) is 0 Å². The fourth-order valence-corrected chi connectivity index (χ4v) is 0.767. The smallest absolute Gasteiger partial charge is 0.0210 e. The van der Waals surface area contributed by atoms with E-state index in [2.05, 4.69) is 19.7 Å². The van der Waals surface area contributed by atoms with Gasteiger partial charge in [-0.3, -0.25) is 0 Å². The van der Waals surface area contributed by atoms with Crippen LogP contribution in [0, 0.1) is 0 Å². The molecule has 54 valence electrons. The normalized spacial score (nSPS) is 8.20. The molecule has 0 saturated carbocycles. The minimum Gasteiger partial charge on any atom is -0.0990 e. The predicted molar refractivity (Wildman–Crippen MR) is 47.9 cm³/mol. The Morgan fingerprint density at radius 2 is 1.50 bits per heavy atom. The van der Waals surface area contributed by atoms with Crippen LogP contribution in [0.1, 0.15) is 13.8 Å². The van der Waals surface area contributed by atoms with Crippen molar-refractivity contribution in [3.63, 3.8) is 0 Å². The lowest BCUT2D eigenvalue weighted by atomic mass is 10.0. The Kier molecular flexibility index (Phi) is 3.48. The van der Waals surface area contributed by atoms with Gasteiger partial charge in [0.05, 0.1) is 0 Å². The summed E-state index contributed by atoms with van der Waals surface area (Å²) in [7, 11) is 0. The Hall–Kier alpha value is -1.04. The molecule has 0 heteroatoms. The van der Waals surface area contributed by atoms with Crippen LogP contribution in [0.25, 0.3) is 0 Å². The molecule has 0 saturated heterocycles. The third-order valence-electron chi connectivity index (χ3n) is 1.20. The molecular formula is C10H14. The Bertz CT molecular complexity index is 176. The van der Waals surface area contributed by atoms with Gasteiger partial charge in [-0.05, 0) is 19.4 Å². The van der Waals surface area contributed by atoms with Gasteiger partial charge < -0.3 is 0 Å². The minimum atomic E-state index is 1.03. The van der Waals surface area contributed by atoms with Crippen molar-refractivity contribution in [2.24, 2.45) is 0 Å². The first-order chi connectivity index (χ1) is 4.59. The highest BCUT2D eigenvalue weighted by Crippen LogP contribution is 2.14. The van der Waals surface area contributed by atoms with Crippen molar-refractivity contribution >= 4 is 0 Å². The second kappa shape index (κ2) is 3.89. The van der Waals surface area contributed by atoms with Crippen LogP contribution >= 0.6 is 0 Å². The molecule has 0 unspecified atom stereocenters. The third-order valence-corrected chi connectivity index (χ3v) is 1.20. The Morgan fingerprint density at radius 3 is 1.60 bits per heavy atom. The van der Waals surface area contributed by atoms with Crippen LogP contribution in [-0.2, 0) is 0 Å². The van der Waals surface area contributed by atoms with Gasteiger partial charge in [0, 0.05) is 0 Å². The van der Waals surface area contributed by atoms with Gasteiger partial charge in [0.1, 0.15) is 0 Å². The maximum atomic E-state index is 3.82. The summed E-state index contributed by atoms with van der Waals surface area (Å²) in [6, 6.07) is 0. The van der Waals surface area contributed by atoms with Crippen molar-refractivity contribution in [3.05, 3.63) is 48.6 Å². The first-order valence-corrected chi connectivity index (χ1v) is 3.24. The molecule has 0 bridgehead atoms. The van der Waals surface area contributed by atoms with Crippen LogP contribution in [0.2, 0.25) is 0 Å². The molecule has 10 heavy (non-hydrogen) atoms. The zero-order valence-corrected chi connectivity index (χ0v) is 6.78. The Morgan fingerprint density at radius 1 is 1.10 bits per heavy atom. The molecule has 0 aromatic carbocycles. The molecule has 0 aromatic rings. The molecule has 0 nitrogen and oxygen atoms in total. The highest BCUT2D eigenvalue weighted by atomic mass is 14.0. The Labute approximate surface area is 63.3 Å². The second-order valence-electron chi connectivity index (χ2n) is 2.38. The van der Waals surface area contributed by atoms with E-state index < -0.39 is 0 Å². The average Bonchev–Trinajstić information content (AvgIpc) is 1.81. The molecular weight excluding hydrogens is 120 g/mol. The van der Waals surface area contributed by atoms with Crippen LogP contribution in [0.3, 0.4) is 0 Å². The van der Waals surface area contributed by atoms with E-state index in [0.29, 0.717) is 0 Å². The van der Waals surface area contributed by atoms with Gasteiger partial charge >= 0.3 is 0 Å². The maximum Gasteiger partial charge on any atom is -0.0210 e. The van der Waals surface area contributed by atoms with Crippen molar-refractivity contribution in [3.8, 4) is 0 Å². The van der Waals surface area contributed by atoms with Gasteiger partial charge in [-0.1, -0.05) is 43.0 Å². The molecule has 0 aliphatic rings. The molecule has 0 rings (SSSR count). The predicted octanol–water partition coefficient (Wildman–Crippen LogP) is 3.25. The molecule has 0 heterocycles. The van der Waals surface area contributed by atoms with Crippen LogP contribution < -0.4 is 0 Å². The van der Waals surface area contributed by atoms with Crippen molar-refractivity contribution in [1.29, 1.82) is 0 Å².